The van der Waals surface area contributed by atoms with E-state index in [0.717, 1.165) is 24.8 Å². The smallest absolute Gasteiger partial charge is 0.147 e. The molecule has 26 heavy (non-hydrogen) atoms. The average molecular weight is 363 g/mol. The second kappa shape index (κ2) is 6.57. The summed E-state index contributed by atoms with van der Waals surface area (Å²) in [6, 6.07) is 0. The van der Waals surface area contributed by atoms with Crippen LogP contribution in [0.25, 0.3) is 0 Å². The second-order valence-electron chi connectivity index (χ2n) is 9.27. The van der Waals surface area contributed by atoms with Crippen molar-refractivity contribution in [1.29, 1.82) is 0 Å². The van der Waals surface area contributed by atoms with Crippen molar-refractivity contribution in [2.45, 2.75) is 65.1 Å². The first-order valence-electron chi connectivity index (χ1n) is 9.81. The summed E-state index contributed by atoms with van der Waals surface area (Å²) < 4.78 is 11.3. The number of Topliss-reactive ketones (excluding diaryl/α,β-unsaturated/α-hetero) is 1. The highest BCUT2D eigenvalue weighted by molar-refractivity contribution is 5.86. The Bertz CT molecular complexity index is 613. The minimum absolute atomic E-state index is 0.158. The third-order valence-electron chi connectivity index (χ3n) is 8.12. The van der Waals surface area contributed by atoms with Crippen LogP contribution in [-0.4, -0.2) is 37.0 Å². The van der Waals surface area contributed by atoms with Crippen LogP contribution in [-0.2, 0) is 14.3 Å². The van der Waals surface area contributed by atoms with E-state index in [1.807, 2.05) is 6.08 Å². The van der Waals surface area contributed by atoms with E-state index in [4.69, 9.17) is 9.47 Å². The molecule has 3 aliphatic carbocycles. The maximum Gasteiger partial charge on any atom is 0.147 e. The van der Waals surface area contributed by atoms with Crippen LogP contribution in [0.3, 0.4) is 0 Å². The molecule has 3 aliphatic rings. The van der Waals surface area contributed by atoms with Crippen molar-refractivity contribution in [2.75, 3.05) is 13.9 Å². The van der Waals surface area contributed by atoms with Gasteiger partial charge in [-0.1, -0.05) is 33.4 Å². The van der Waals surface area contributed by atoms with E-state index in [-0.39, 0.29) is 35.9 Å². The largest absolute Gasteiger partial charge is 0.392 e. The lowest BCUT2D eigenvalue weighted by atomic mass is 9.45. The van der Waals surface area contributed by atoms with Gasteiger partial charge >= 0.3 is 0 Å². The van der Waals surface area contributed by atoms with Gasteiger partial charge in [0.05, 0.1) is 12.2 Å². The Labute approximate surface area is 157 Å². The van der Waals surface area contributed by atoms with Gasteiger partial charge in [0, 0.05) is 35.7 Å². The molecule has 0 saturated heterocycles. The molecule has 3 rings (SSSR count). The Kier molecular flexibility index (Phi) is 5.00. The highest BCUT2D eigenvalue weighted by atomic mass is 16.7. The number of rotatable bonds is 4. The molecule has 0 aromatic carbocycles. The van der Waals surface area contributed by atoms with Crippen LogP contribution < -0.4 is 0 Å². The van der Waals surface area contributed by atoms with Crippen molar-refractivity contribution < 1.29 is 19.4 Å². The molecule has 3 saturated carbocycles. The van der Waals surface area contributed by atoms with Crippen LogP contribution in [0.15, 0.2) is 24.8 Å². The zero-order valence-electron chi connectivity index (χ0n) is 16.7. The van der Waals surface area contributed by atoms with Gasteiger partial charge in [-0.25, -0.2) is 0 Å². The number of hydrogen-bond donors (Lipinski definition) is 1. The molecular formula is C22H34O4. The first-order valence-corrected chi connectivity index (χ1v) is 9.81. The van der Waals surface area contributed by atoms with Crippen LogP contribution in [0.1, 0.15) is 52.9 Å². The molecule has 146 valence electrons. The number of methoxy groups -OCH3 is 1. The summed E-state index contributed by atoms with van der Waals surface area (Å²) in [6.07, 6.45) is 4.80. The molecule has 0 amide bonds. The van der Waals surface area contributed by atoms with Crippen LogP contribution in [0.2, 0.25) is 0 Å². The molecular weight excluding hydrogens is 328 g/mol. The molecule has 0 heterocycles. The molecule has 0 aromatic heterocycles. The standard InChI is InChI=1S/C22H34O4/c1-7-20(4)12-17(24)21(5)14(2)8-10-22(11-9-16(23)18(21)22)15(3)19(20)26-13-25-6/h7,14,17-19,24H,1,3,8-13H2,2,4-6H3/t14?,17-,18?,19?,20?,21?,22?/m1/s1. The van der Waals surface area contributed by atoms with Gasteiger partial charge in [-0.2, -0.15) is 0 Å². The predicted octanol–water partition coefficient (Wildman–Crippen LogP) is 3.89. The van der Waals surface area contributed by atoms with Crippen LogP contribution >= 0.6 is 0 Å². The number of hydrogen-bond acceptors (Lipinski definition) is 4. The van der Waals surface area contributed by atoms with Gasteiger partial charge in [0.1, 0.15) is 12.6 Å². The quantitative estimate of drug-likeness (QED) is 0.609. The summed E-state index contributed by atoms with van der Waals surface area (Å²) in [4.78, 5) is 13.0. The average Bonchev–Trinajstić information content (AvgIpc) is 2.96. The number of ketones is 1. The molecule has 0 spiro atoms. The van der Waals surface area contributed by atoms with E-state index >= 15 is 0 Å². The predicted molar refractivity (Wildman–Crippen MR) is 101 cm³/mol. The molecule has 0 aliphatic heterocycles. The normalized spacial score (nSPS) is 48.7. The van der Waals surface area contributed by atoms with Gasteiger partial charge in [-0.3, -0.25) is 4.79 Å². The molecule has 1 N–H and O–H groups in total. The van der Waals surface area contributed by atoms with Gasteiger partial charge < -0.3 is 14.6 Å². The lowest BCUT2D eigenvalue weighted by Gasteiger charge is -2.60. The molecule has 6 unspecified atom stereocenters. The highest BCUT2D eigenvalue weighted by Crippen LogP contribution is 2.67. The van der Waals surface area contributed by atoms with Crippen LogP contribution in [0.5, 0.6) is 0 Å². The Balaban J connectivity index is 2.18. The Morgan fingerprint density at radius 3 is 2.65 bits per heavy atom. The zero-order chi connectivity index (χ0) is 19.3. The monoisotopic (exact) mass is 362 g/mol. The van der Waals surface area contributed by atoms with Crippen molar-refractivity contribution >= 4 is 5.78 Å². The maximum atomic E-state index is 13.0. The lowest BCUT2D eigenvalue weighted by molar-refractivity contribution is -0.170. The number of aliphatic hydroxyl groups is 1. The van der Waals surface area contributed by atoms with Crippen molar-refractivity contribution in [3.8, 4) is 0 Å². The van der Waals surface area contributed by atoms with Crippen molar-refractivity contribution in [3.63, 3.8) is 0 Å². The highest BCUT2D eigenvalue weighted by Gasteiger charge is 2.66. The lowest BCUT2D eigenvalue weighted by Crippen LogP contribution is -2.60. The SMILES string of the molecule is C=CC1(C)C[C@@H](O)C2(C)C(C)CCC3(CCC(=O)C32)C(=C)C1OCOC. The molecule has 2 bridgehead atoms. The topological polar surface area (TPSA) is 55.8 Å². The number of carbonyl (C=O) groups excluding carboxylic acids is 1. The van der Waals surface area contributed by atoms with Gasteiger partial charge in [0.15, 0.2) is 0 Å². The molecule has 4 nitrogen and oxygen atoms in total. The van der Waals surface area contributed by atoms with Crippen LogP contribution in [0, 0.1) is 28.1 Å². The van der Waals surface area contributed by atoms with E-state index in [0.29, 0.717) is 12.8 Å². The van der Waals surface area contributed by atoms with Gasteiger partial charge in [0.25, 0.3) is 0 Å². The molecule has 0 radical (unpaired) electrons. The number of aliphatic hydroxyl groups excluding tert-OH is 1. The van der Waals surface area contributed by atoms with E-state index in [1.165, 1.54) is 0 Å². The number of carbonyl (C=O) groups is 1. The van der Waals surface area contributed by atoms with E-state index < -0.39 is 16.9 Å². The first-order chi connectivity index (χ1) is 12.2. The minimum Gasteiger partial charge on any atom is -0.392 e. The summed E-state index contributed by atoms with van der Waals surface area (Å²) in [5.41, 5.74) is -0.192. The zero-order valence-corrected chi connectivity index (χ0v) is 16.7. The summed E-state index contributed by atoms with van der Waals surface area (Å²) in [5, 5.41) is 11.4. The molecule has 4 heteroatoms. The number of ether oxygens (including phenoxy) is 2. The van der Waals surface area contributed by atoms with Gasteiger partial charge in [0.2, 0.25) is 0 Å². The van der Waals surface area contributed by atoms with E-state index in [2.05, 4.69) is 33.9 Å². The Morgan fingerprint density at radius 2 is 2.04 bits per heavy atom. The van der Waals surface area contributed by atoms with E-state index in [9.17, 15) is 9.90 Å². The summed E-state index contributed by atoms with van der Waals surface area (Å²) in [6.45, 7) is 15.1. The Morgan fingerprint density at radius 1 is 1.35 bits per heavy atom. The fourth-order valence-electron chi connectivity index (χ4n) is 6.27. The molecule has 7 atom stereocenters. The van der Waals surface area contributed by atoms with Crippen molar-refractivity contribution in [2.24, 2.45) is 28.1 Å². The fourth-order valence-corrected chi connectivity index (χ4v) is 6.27. The van der Waals surface area contributed by atoms with Gasteiger partial charge in [-0.05, 0) is 37.2 Å². The third kappa shape index (κ3) is 2.49. The summed E-state index contributed by atoms with van der Waals surface area (Å²) in [5.74, 6) is 0.396. The van der Waals surface area contributed by atoms with E-state index in [1.54, 1.807) is 7.11 Å². The minimum atomic E-state index is -0.589. The summed E-state index contributed by atoms with van der Waals surface area (Å²) in [7, 11) is 1.60. The van der Waals surface area contributed by atoms with Gasteiger partial charge in [-0.15, -0.1) is 6.58 Å². The summed E-state index contributed by atoms with van der Waals surface area (Å²) >= 11 is 0. The Hall–Kier alpha value is -0.970. The van der Waals surface area contributed by atoms with Crippen molar-refractivity contribution in [3.05, 3.63) is 24.8 Å². The first kappa shape index (κ1) is 19.8. The fraction of sp³-hybridized carbons (Fsp3) is 0.773. The van der Waals surface area contributed by atoms with Crippen molar-refractivity contribution in [1.82, 2.24) is 0 Å². The second-order valence-corrected chi connectivity index (χ2v) is 9.27. The van der Waals surface area contributed by atoms with Crippen LogP contribution in [0.4, 0.5) is 0 Å². The molecule has 0 aromatic rings. The third-order valence-corrected chi connectivity index (χ3v) is 8.12. The maximum absolute atomic E-state index is 13.0. The molecule has 3 fully saturated rings.